The van der Waals surface area contributed by atoms with E-state index in [0.29, 0.717) is 13.0 Å². The number of imide groups is 1. The Hall–Kier alpha value is -3.75. The summed E-state index contributed by atoms with van der Waals surface area (Å²) >= 11 is 0. The van der Waals surface area contributed by atoms with Crippen molar-refractivity contribution in [2.75, 3.05) is 6.54 Å². The average Bonchev–Trinajstić information content (AvgIpc) is 3.29. The lowest BCUT2D eigenvalue weighted by atomic mass is 10.1. The van der Waals surface area contributed by atoms with Crippen molar-refractivity contribution in [3.8, 4) is 0 Å². The van der Waals surface area contributed by atoms with E-state index in [1.54, 1.807) is 0 Å². The molecule has 1 aliphatic heterocycles. The number of nitrogens with one attached hydrogen (secondary N) is 2. The van der Waals surface area contributed by atoms with Crippen molar-refractivity contribution in [2.24, 2.45) is 0 Å². The minimum Gasteiger partial charge on any atom is -0.356 e. The molecule has 4 amide bonds. The van der Waals surface area contributed by atoms with Crippen LogP contribution in [-0.4, -0.2) is 49.9 Å². The zero-order valence-electron chi connectivity index (χ0n) is 16.3. The van der Waals surface area contributed by atoms with Gasteiger partial charge in [-0.05, 0) is 24.1 Å². The van der Waals surface area contributed by atoms with Crippen LogP contribution in [0, 0.1) is 0 Å². The number of pyridine rings is 1. The van der Waals surface area contributed by atoms with E-state index in [9.17, 15) is 14.4 Å². The maximum absolute atomic E-state index is 12.5. The topological polar surface area (TPSA) is 109 Å². The molecule has 4 rings (SSSR count). The molecule has 154 valence electrons. The lowest BCUT2D eigenvalue weighted by Crippen LogP contribution is -2.33. The van der Waals surface area contributed by atoms with Crippen LogP contribution < -0.4 is 10.6 Å². The van der Waals surface area contributed by atoms with Crippen molar-refractivity contribution in [3.63, 3.8) is 0 Å². The van der Waals surface area contributed by atoms with Gasteiger partial charge in [-0.3, -0.25) is 18.9 Å². The van der Waals surface area contributed by atoms with Gasteiger partial charge in [-0.2, -0.15) is 0 Å². The number of hydrogen-bond donors (Lipinski definition) is 2. The molecule has 0 spiro atoms. The normalized spacial score (nSPS) is 16.1. The Morgan fingerprint density at radius 3 is 2.70 bits per heavy atom. The van der Waals surface area contributed by atoms with Gasteiger partial charge in [-0.25, -0.2) is 4.79 Å². The summed E-state index contributed by atoms with van der Waals surface area (Å²) in [6.07, 6.45) is 2.83. The summed E-state index contributed by atoms with van der Waals surface area (Å²) < 4.78 is 1.88. The molecule has 3 heterocycles. The number of urea groups is 1. The van der Waals surface area contributed by atoms with Crippen molar-refractivity contribution in [2.45, 2.75) is 31.8 Å². The van der Waals surface area contributed by atoms with E-state index in [2.05, 4.69) is 20.8 Å². The number of rotatable bonds is 8. The molecule has 0 radical (unpaired) electrons. The molecule has 0 unspecified atom stereocenters. The largest absolute Gasteiger partial charge is 0.356 e. The molecule has 0 saturated carbocycles. The van der Waals surface area contributed by atoms with Crippen LogP contribution in [0.5, 0.6) is 0 Å². The number of aromatic nitrogens is 3. The predicted octanol–water partition coefficient (Wildman–Crippen LogP) is 1.29. The van der Waals surface area contributed by atoms with Gasteiger partial charge in [0, 0.05) is 25.6 Å². The van der Waals surface area contributed by atoms with E-state index in [-0.39, 0.29) is 31.2 Å². The van der Waals surface area contributed by atoms with Crippen LogP contribution in [0.2, 0.25) is 0 Å². The van der Waals surface area contributed by atoms with Gasteiger partial charge >= 0.3 is 6.03 Å². The number of fused-ring (bicyclic) bond motifs is 1. The predicted molar refractivity (Wildman–Crippen MR) is 108 cm³/mol. The van der Waals surface area contributed by atoms with E-state index in [1.165, 1.54) is 4.90 Å². The van der Waals surface area contributed by atoms with E-state index in [0.717, 1.165) is 17.0 Å². The van der Waals surface area contributed by atoms with Gasteiger partial charge < -0.3 is 10.6 Å². The second kappa shape index (κ2) is 8.73. The molecule has 1 fully saturated rings. The fourth-order valence-corrected chi connectivity index (χ4v) is 3.43. The fraction of sp³-hybridized carbons (Fsp3) is 0.286. The van der Waals surface area contributed by atoms with Crippen molar-refractivity contribution >= 4 is 23.5 Å². The van der Waals surface area contributed by atoms with Gasteiger partial charge in [-0.15, -0.1) is 10.2 Å². The maximum Gasteiger partial charge on any atom is 0.325 e. The molecule has 1 saturated heterocycles. The average molecular weight is 406 g/mol. The number of carbonyl (C=O) groups is 3. The summed E-state index contributed by atoms with van der Waals surface area (Å²) in [7, 11) is 0. The SMILES string of the molecule is O=C(CC[C@@H]1NC(=O)N(Cc2ccccc2)C1=O)NCCc1nnc2ccccn12. The summed E-state index contributed by atoms with van der Waals surface area (Å²) in [6.45, 7) is 0.639. The first-order valence-corrected chi connectivity index (χ1v) is 9.83. The third-order valence-electron chi connectivity index (χ3n) is 5.01. The number of benzene rings is 1. The molecule has 1 atom stereocenters. The van der Waals surface area contributed by atoms with Crippen molar-refractivity contribution in [3.05, 3.63) is 66.1 Å². The fourth-order valence-electron chi connectivity index (χ4n) is 3.43. The molecule has 3 aromatic rings. The molecular formula is C21H22N6O3. The number of hydrogen-bond acceptors (Lipinski definition) is 5. The molecule has 0 aliphatic carbocycles. The quantitative estimate of drug-likeness (QED) is 0.548. The Morgan fingerprint density at radius 2 is 1.87 bits per heavy atom. The second-order valence-electron chi connectivity index (χ2n) is 7.10. The first-order chi connectivity index (χ1) is 14.6. The van der Waals surface area contributed by atoms with Crippen LogP contribution in [0.4, 0.5) is 4.79 Å². The zero-order chi connectivity index (χ0) is 20.9. The Bertz CT molecular complexity index is 1060. The standard InChI is InChI=1S/C21H22N6O3/c28-19(22-12-11-18-25-24-17-8-4-5-13-26(17)18)10-9-16-20(29)27(21(30)23-16)14-15-6-2-1-3-7-15/h1-8,13,16H,9-12,14H2,(H,22,28)(H,23,30)/t16-/m0/s1. The van der Waals surface area contributed by atoms with E-state index in [1.807, 2.05) is 59.1 Å². The Labute approximate surface area is 173 Å². The van der Waals surface area contributed by atoms with E-state index < -0.39 is 12.1 Å². The van der Waals surface area contributed by atoms with Crippen molar-refractivity contribution < 1.29 is 14.4 Å². The Kier molecular flexibility index (Phi) is 5.69. The van der Waals surface area contributed by atoms with Gasteiger partial charge in [0.25, 0.3) is 5.91 Å². The smallest absolute Gasteiger partial charge is 0.325 e. The number of carbonyl (C=O) groups excluding carboxylic acids is 3. The lowest BCUT2D eigenvalue weighted by molar-refractivity contribution is -0.128. The van der Waals surface area contributed by atoms with Gasteiger partial charge in [0.1, 0.15) is 11.9 Å². The summed E-state index contributed by atoms with van der Waals surface area (Å²) in [5, 5.41) is 13.7. The lowest BCUT2D eigenvalue weighted by Gasteiger charge is -2.13. The summed E-state index contributed by atoms with van der Waals surface area (Å²) in [6, 6.07) is 13.9. The molecule has 1 aromatic carbocycles. The Morgan fingerprint density at radius 1 is 1.07 bits per heavy atom. The minimum absolute atomic E-state index is 0.149. The van der Waals surface area contributed by atoms with Crippen LogP contribution in [0.15, 0.2) is 54.7 Å². The van der Waals surface area contributed by atoms with Crippen LogP contribution >= 0.6 is 0 Å². The van der Waals surface area contributed by atoms with Crippen LogP contribution in [-0.2, 0) is 22.6 Å². The number of nitrogens with zero attached hydrogens (tertiary/aromatic N) is 4. The van der Waals surface area contributed by atoms with Crippen LogP contribution in [0.25, 0.3) is 5.65 Å². The van der Waals surface area contributed by atoms with Gasteiger partial charge in [0.05, 0.1) is 6.54 Å². The van der Waals surface area contributed by atoms with Crippen LogP contribution in [0.3, 0.4) is 0 Å². The van der Waals surface area contributed by atoms with Crippen molar-refractivity contribution in [1.82, 2.24) is 30.1 Å². The van der Waals surface area contributed by atoms with E-state index in [4.69, 9.17) is 0 Å². The molecule has 0 bridgehead atoms. The molecule has 30 heavy (non-hydrogen) atoms. The molecule has 1 aliphatic rings. The van der Waals surface area contributed by atoms with Crippen LogP contribution in [0.1, 0.15) is 24.2 Å². The summed E-state index contributed by atoms with van der Waals surface area (Å²) in [4.78, 5) is 38.0. The van der Waals surface area contributed by atoms with Gasteiger partial charge in [0.15, 0.2) is 5.65 Å². The Balaban J connectivity index is 1.23. The highest BCUT2D eigenvalue weighted by Crippen LogP contribution is 2.15. The summed E-state index contributed by atoms with van der Waals surface area (Å²) in [5.74, 6) is 0.291. The van der Waals surface area contributed by atoms with Crippen molar-refractivity contribution in [1.29, 1.82) is 0 Å². The highest BCUT2D eigenvalue weighted by Gasteiger charge is 2.37. The molecule has 9 heteroatoms. The maximum atomic E-state index is 12.5. The third kappa shape index (κ3) is 4.29. The minimum atomic E-state index is -0.674. The van der Waals surface area contributed by atoms with E-state index >= 15 is 0 Å². The second-order valence-corrected chi connectivity index (χ2v) is 7.10. The molecule has 2 aromatic heterocycles. The van der Waals surface area contributed by atoms with Gasteiger partial charge in [0.2, 0.25) is 5.91 Å². The summed E-state index contributed by atoms with van der Waals surface area (Å²) in [5.41, 5.74) is 1.63. The highest BCUT2D eigenvalue weighted by atomic mass is 16.2. The number of amides is 4. The first kappa shape index (κ1) is 19.6. The molecule has 2 N–H and O–H groups in total. The molecule has 9 nitrogen and oxygen atoms in total. The van der Waals surface area contributed by atoms with Gasteiger partial charge in [-0.1, -0.05) is 36.4 Å². The third-order valence-corrected chi connectivity index (χ3v) is 5.01. The highest BCUT2D eigenvalue weighted by molar-refractivity contribution is 6.04. The molecular weight excluding hydrogens is 384 g/mol. The zero-order valence-corrected chi connectivity index (χ0v) is 16.3. The monoisotopic (exact) mass is 406 g/mol. The first-order valence-electron chi connectivity index (χ1n) is 9.83.